The molecule has 0 bridgehead atoms. The molecule has 0 amide bonds. The third-order valence-electron chi connectivity index (χ3n) is 3.32. The number of nitrogens with zero attached hydrogens (tertiary/aromatic N) is 1. The summed E-state index contributed by atoms with van der Waals surface area (Å²) < 4.78 is 26.2. The van der Waals surface area contributed by atoms with Crippen molar-refractivity contribution in [2.45, 2.75) is 57.4 Å². The molecular formula is C10H20N2O2S2. The fourth-order valence-electron chi connectivity index (χ4n) is 2.22. The van der Waals surface area contributed by atoms with Gasteiger partial charge in [-0.25, -0.2) is 8.42 Å². The molecule has 94 valence electrons. The molecule has 0 aliphatic carbocycles. The van der Waals surface area contributed by atoms with E-state index in [4.69, 9.17) is 18.0 Å². The summed E-state index contributed by atoms with van der Waals surface area (Å²) in [6.45, 7) is 5.52. The lowest BCUT2D eigenvalue weighted by Gasteiger charge is -2.29. The van der Waals surface area contributed by atoms with Crippen molar-refractivity contribution in [2.75, 3.05) is 0 Å². The number of rotatable bonds is 4. The summed E-state index contributed by atoms with van der Waals surface area (Å²) in [7, 11) is -3.38. The Morgan fingerprint density at radius 1 is 1.56 bits per heavy atom. The zero-order chi connectivity index (χ0) is 12.5. The molecule has 0 aromatic rings. The maximum atomic E-state index is 12.3. The van der Waals surface area contributed by atoms with Crippen LogP contribution in [0, 0.1) is 0 Å². The molecule has 1 rings (SSSR count). The first kappa shape index (κ1) is 13.9. The highest BCUT2D eigenvalue weighted by Crippen LogP contribution is 2.30. The summed E-state index contributed by atoms with van der Waals surface area (Å²) in [5.41, 5.74) is 5.45. The van der Waals surface area contributed by atoms with Gasteiger partial charge < -0.3 is 5.73 Å². The zero-order valence-corrected chi connectivity index (χ0v) is 11.6. The quantitative estimate of drug-likeness (QED) is 0.776. The third kappa shape index (κ3) is 2.38. The third-order valence-corrected chi connectivity index (χ3v) is 6.22. The van der Waals surface area contributed by atoms with Gasteiger partial charge in [0.2, 0.25) is 10.0 Å². The van der Waals surface area contributed by atoms with Gasteiger partial charge in [-0.1, -0.05) is 19.1 Å². The predicted octanol–water partition coefficient (Wildman–Crippen LogP) is 1.25. The highest BCUT2D eigenvalue weighted by molar-refractivity contribution is 7.92. The molecule has 1 heterocycles. The monoisotopic (exact) mass is 264 g/mol. The van der Waals surface area contributed by atoms with Crippen molar-refractivity contribution in [1.82, 2.24) is 4.31 Å². The van der Waals surface area contributed by atoms with Crippen LogP contribution in [0.2, 0.25) is 0 Å². The van der Waals surface area contributed by atoms with Gasteiger partial charge in [0.05, 0.1) is 4.99 Å². The van der Waals surface area contributed by atoms with Gasteiger partial charge >= 0.3 is 0 Å². The van der Waals surface area contributed by atoms with Crippen LogP contribution in [-0.4, -0.2) is 35.0 Å². The molecule has 0 aromatic carbocycles. The van der Waals surface area contributed by atoms with Gasteiger partial charge in [0.15, 0.2) is 0 Å². The van der Waals surface area contributed by atoms with E-state index < -0.39 is 15.3 Å². The Balaban J connectivity index is 3.02. The molecule has 0 radical (unpaired) electrons. The van der Waals surface area contributed by atoms with Crippen LogP contribution in [-0.2, 0) is 10.0 Å². The second-order valence-electron chi connectivity index (χ2n) is 4.41. The molecule has 1 aliphatic heterocycles. The number of hydrogen-bond donors (Lipinski definition) is 1. The van der Waals surface area contributed by atoms with Crippen LogP contribution in [0.4, 0.5) is 0 Å². The summed E-state index contributed by atoms with van der Waals surface area (Å²) in [6.07, 6.45) is 2.69. The van der Waals surface area contributed by atoms with E-state index >= 15 is 0 Å². The van der Waals surface area contributed by atoms with Crippen molar-refractivity contribution in [3.63, 3.8) is 0 Å². The van der Waals surface area contributed by atoms with Crippen LogP contribution in [0.25, 0.3) is 0 Å². The fraction of sp³-hybridized carbons (Fsp3) is 0.900. The summed E-state index contributed by atoms with van der Waals surface area (Å²) in [5, 5.41) is -0.767. The molecular weight excluding hydrogens is 244 g/mol. The molecule has 4 nitrogen and oxygen atoms in total. The van der Waals surface area contributed by atoms with Gasteiger partial charge in [-0.15, -0.1) is 0 Å². The van der Waals surface area contributed by atoms with Crippen LogP contribution in [0.5, 0.6) is 0 Å². The van der Waals surface area contributed by atoms with E-state index in [1.807, 2.05) is 13.8 Å². The summed E-state index contributed by atoms with van der Waals surface area (Å²) >= 11 is 4.79. The minimum Gasteiger partial charge on any atom is -0.392 e. The van der Waals surface area contributed by atoms with Crippen molar-refractivity contribution >= 4 is 27.2 Å². The first-order chi connectivity index (χ1) is 7.32. The number of sulfonamides is 1. The van der Waals surface area contributed by atoms with Crippen LogP contribution in [0.1, 0.15) is 40.0 Å². The molecule has 3 unspecified atom stereocenters. The predicted molar refractivity (Wildman–Crippen MR) is 69.8 cm³/mol. The van der Waals surface area contributed by atoms with Crippen LogP contribution in [0.3, 0.4) is 0 Å². The van der Waals surface area contributed by atoms with Crippen LogP contribution >= 0.6 is 12.2 Å². The van der Waals surface area contributed by atoms with E-state index in [2.05, 4.69) is 0 Å². The molecule has 6 heteroatoms. The maximum absolute atomic E-state index is 12.3. The van der Waals surface area contributed by atoms with Gasteiger partial charge in [0, 0.05) is 12.1 Å². The molecule has 3 atom stereocenters. The molecule has 1 fully saturated rings. The summed E-state index contributed by atoms with van der Waals surface area (Å²) in [4.78, 5) is 0.0500. The Morgan fingerprint density at radius 2 is 2.12 bits per heavy atom. The van der Waals surface area contributed by atoms with E-state index in [0.29, 0.717) is 0 Å². The van der Waals surface area contributed by atoms with Gasteiger partial charge in [-0.3, -0.25) is 0 Å². The largest absolute Gasteiger partial charge is 0.392 e. The molecule has 1 saturated heterocycles. The van der Waals surface area contributed by atoms with Gasteiger partial charge in [-0.2, -0.15) is 4.31 Å². The standard InChI is InChI=1S/C10H20N2O2S2/c1-4-9-6-5-7(2)12(9)16(13,14)8(3)10(11)15/h7-9H,4-6H2,1-3H3,(H2,11,15). The lowest BCUT2D eigenvalue weighted by molar-refractivity contribution is 0.327. The maximum Gasteiger partial charge on any atom is 0.223 e. The normalized spacial score (nSPS) is 29.2. The number of thiocarbonyl (C=S) groups is 1. The molecule has 0 saturated carbocycles. The second kappa shape index (κ2) is 4.98. The Labute approximate surface area is 103 Å². The van der Waals surface area contributed by atoms with Gasteiger partial charge in [0.1, 0.15) is 5.25 Å². The zero-order valence-electron chi connectivity index (χ0n) is 10.0. The Hall–Kier alpha value is -0.200. The molecule has 2 N–H and O–H groups in total. The van der Waals surface area contributed by atoms with E-state index in [0.717, 1.165) is 19.3 Å². The molecule has 1 aliphatic rings. The minimum atomic E-state index is -3.38. The average molecular weight is 264 g/mol. The smallest absolute Gasteiger partial charge is 0.223 e. The van der Waals surface area contributed by atoms with E-state index in [9.17, 15) is 8.42 Å². The Morgan fingerprint density at radius 3 is 2.56 bits per heavy atom. The van der Waals surface area contributed by atoms with E-state index in [1.165, 1.54) is 0 Å². The summed E-state index contributed by atoms with van der Waals surface area (Å²) in [5.74, 6) is 0. The van der Waals surface area contributed by atoms with Gasteiger partial charge in [-0.05, 0) is 33.1 Å². The highest BCUT2D eigenvalue weighted by Gasteiger charge is 2.41. The highest BCUT2D eigenvalue weighted by atomic mass is 32.2. The Kier molecular flexibility index (Phi) is 4.31. The fourth-order valence-corrected chi connectivity index (χ4v) is 4.52. The average Bonchev–Trinajstić information content (AvgIpc) is 2.58. The van der Waals surface area contributed by atoms with Crippen molar-refractivity contribution in [3.05, 3.63) is 0 Å². The molecule has 0 aromatic heterocycles. The van der Waals surface area contributed by atoms with Crippen molar-refractivity contribution < 1.29 is 8.42 Å². The Bertz CT molecular complexity index is 367. The van der Waals surface area contributed by atoms with Crippen molar-refractivity contribution in [1.29, 1.82) is 0 Å². The topological polar surface area (TPSA) is 63.4 Å². The molecule has 0 spiro atoms. The first-order valence-electron chi connectivity index (χ1n) is 5.64. The van der Waals surface area contributed by atoms with Crippen LogP contribution < -0.4 is 5.73 Å². The first-order valence-corrected chi connectivity index (χ1v) is 7.55. The lowest BCUT2D eigenvalue weighted by Crippen LogP contribution is -2.47. The lowest BCUT2D eigenvalue weighted by atomic mass is 10.2. The minimum absolute atomic E-state index is 0.0500. The van der Waals surface area contributed by atoms with Crippen LogP contribution in [0.15, 0.2) is 0 Å². The number of hydrogen-bond acceptors (Lipinski definition) is 3. The van der Waals surface area contributed by atoms with Crippen molar-refractivity contribution in [2.24, 2.45) is 5.73 Å². The van der Waals surface area contributed by atoms with E-state index in [-0.39, 0.29) is 17.1 Å². The second-order valence-corrected chi connectivity index (χ2v) is 7.04. The van der Waals surface area contributed by atoms with Gasteiger partial charge in [0.25, 0.3) is 0 Å². The summed E-state index contributed by atoms with van der Waals surface area (Å²) in [6, 6.07) is 0.170. The SMILES string of the molecule is CCC1CCC(C)N1S(=O)(=O)C(C)C(N)=S. The van der Waals surface area contributed by atoms with Crippen molar-refractivity contribution in [3.8, 4) is 0 Å². The number of nitrogens with two attached hydrogens (primary N) is 1. The molecule has 16 heavy (non-hydrogen) atoms. The van der Waals surface area contributed by atoms with E-state index in [1.54, 1.807) is 11.2 Å².